The van der Waals surface area contributed by atoms with Crippen molar-refractivity contribution in [3.63, 3.8) is 0 Å². The highest BCUT2D eigenvalue weighted by Crippen LogP contribution is 2.39. The van der Waals surface area contributed by atoms with E-state index in [0.29, 0.717) is 36.6 Å². The zero-order valence-corrected chi connectivity index (χ0v) is 22.3. The maximum atomic E-state index is 12.9. The standard InChI is InChI=1S/C29H36F3N3O4/c1-27(2,38)22-6-7-25(33-16-22)28(39)11-8-23(9-12-28)35-13-10-19(18-35)14-24(36)17-34-26(37)20-4-3-5-21(15-20)29(30,31)32/h3-7,15-16,19,23,38-39H,8-14,17-18H2,1-2H3,(H,34,37)/t19-,23?,28?/m0/s1. The summed E-state index contributed by atoms with van der Waals surface area (Å²) in [7, 11) is 0. The molecule has 1 saturated carbocycles. The first-order valence-electron chi connectivity index (χ1n) is 13.4. The number of hydrogen-bond donors (Lipinski definition) is 3. The number of aromatic nitrogens is 1. The van der Waals surface area contributed by atoms with Crippen LogP contribution >= 0.6 is 0 Å². The molecule has 0 bridgehead atoms. The molecule has 1 saturated heterocycles. The Morgan fingerprint density at radius 3 is 2.44 bits per heavy atom. The summed E-state index contributed by atoms with van der Waals surface area (Å²) in [6, 6.07) is 8.03. The number of nitrogens with one attached hydrogen (secondary N) is 1. The number of hydrogen-bond acceptors (Lipinski definition) is 6. The van der Waals surface area contributed by atoms with Gasteiger partial charge in [-0.1, -0.05) is 12.1 Å². The molecule has 2 aromatic rings. The normalized spacial score (nSPS) is 24.5. The molecule has 1 amide bonds. The fourth-order valence-corrected chi connectivity index (χ4v) is 5.61. The third kappa shape index (κ3) is 7.23. The fourth-order valence-electron chi connectivity index (χ4n) is 5.61. The second kappa shape index (κ2) is 11.3. The van der Waals surface area contributed by atoms with Crippen LogP contribution in [0.15, 0.2) is 42.6 Å². The third-order valence-corrected chi connectivity index (χ3v) is 7.98. The average Bonchev–Trinajstić information content (AvgIpc) is 3.35. The molecule has 10 heteroatoms. The number of halogens is 3. The molecule has 3 N–H and O–H groups in total. The van der Waals surface area contributed by atoms with Gasteiger partial charge in [0.05, 0.1) is 23.4 Å². The predicted octanol–water partition coefficient (Wildman–Crippen LogP) is 4.17. The maximum Gasteiger partial charge on any atom is 0.416 e. The molecule has 39 heavy (non-hydrogen) atoms. The van der Waals surface area contributed by atoms with Crippen LogP contribution in [0.3, 0.4) is 0 Å². The molecule has 1 aliphatic heterocycles. The molecule has 1 aliphatic carbocycles. The molecule has 0 radical (unpaired) electrons. The molecule has 0 spiro atoms. The van der Waals surface area contributed by atoms with Crippen molar-refractivity contribution in [1.82, 2.24) is 15.2 Å². The van der Waals surface area contributed by atoms with E-state index in [4.69, 9.17) is 0 Å². The summed E-state index contributed by atoms with van der Waals surface area (Å²) in [6.07, 6.45) is 0.990. The number of Topliss-reactive ketones (excluding diaryl/α,β-unsaturated/α-hetero) is 1. The number of carbonyl (C=O) groups is 2. The van der Waals surface area contributed by atoms with Crippen LogP contribution in [-0.4, -0.2) is 57.5 Å². The number of aliphatic hydroxyl groups is 2. The number of ketones is 1. The smallest absolute Gasteiger partial charge is 0.386 e. The van der Waals surface area contributed by atoms with Crippen LogP contribution in [0.25, 0.3) is 0 Å². The number of pyridine rings is 1. The molecule has 2 fully saturated rings. The number of benzene rings is 1. The summed E-state index contributed by atoms with van der Waals surface area (Å²) in [5.74, 6) is -0.706. The Bertz CT molecular complexity index is 1170. The summed E-state index contributed by atoms with van der Waals surface area (Å²) < 4.78 is 38.7. The summed E-state index contributed by atoms with van der Waals surface area (Å²) >= 11 is 0. The lowest BCUT2D eigenvalue weighted by Crippen LogP contribution is -2.42. The summed E-state index contributed by atoms with van der Waals surface area (Å²) in [4.78, 5) is 31.6. The van der Waals surface area contributed by atoms with Crippen molar-refractivity contribution >= 4 is 11.7 Å². The minimum absolute atomic E-state index is 0.134. The Morgan fingerprint density at radius 2 is 1.82 bits per heavy atom. The van der Waals surface area contributed by atoms with Crippen molar-refractivity contribution in [1.29, 1.82) is 0 Å². The predicted molar refractivity (Wildman–Crippen MR) is 139 cm³/mol. The van der Waals surface area contributed by atoms with Crippen LogP contribution in [0, 0.1) is 5.92 Å². The lowest BCUT2D eigenvalue weighted by atomic mass is 9.79. The first-order valence-corrected chi connectivity index (χ1v) is 13.4. The van der Waals surface area contributed by atoms with Gasteiger partial charge in [0.1, 0.15) is 5.60 Å². The van der Waals surface area contributed by atoms with Gasteiger partial charge >= 0.3 is 6.18 Å². The summed E-state index contributed by atoms with van der Waals surface area (Å²) in [6.45, 7) is 4.78. The van der Waals surface area contributed by atoms with Gasteiger partial charge in [-0.3, -0.25) is 14.6 Å². The van der Waals surface area contributed by atoms with Crippen molar-refractivity contribution in [2.45, 2.75) is 75.8 Å². The van der Waals surface area contributed by atoms with Crippen molar-refractivity contribution in [2.24, 2.45) is 5.92 Å². The molecule has 1 aromatic carbocycles. The van der Waals surface area contributed by atoms with Gasteiger partial charge in [0.15, 0.2) is 5.78 Å². The van der Waals surface area contributed by atoms with Crippen LogP contribution in [-0.2, 0) is 22.2 Å². The van der Waals surface area contributed by atoms with Crippen LogP contribution in [0.4, 0.5) is 13.2 Å². The van der Waals surface area contributed by atoms with E-state index in [9.17, 15) is 33.0 Å². The Kier molecular flexibility index (Phi) is 8.49. The van der Waals surface area contributed by atoms with Crippen LogP contribution in [0.2, 0.25) is 0 Å². The minimum Gasteiger partial charge on any atom is -0.386 e. The highest BCUT2D eigenvalue weighted by Gasteiger charge is 2.39. The van der Waals surface area contributed by atoms with Gasteiger partial charge in [-0.25, -0.2) is 0 Å². The number of alkyl halides is 3. The van der Waals surface area contributed by atoms with Gasteiger partial charge in [-0.2, -0.15) is 13.2 Å². The maximum absolute atomic E-state index is 12.9. The lowest BCUT2D eigenvalue weighted by molar-refractivity contribution is -0.137. The highest BCUT2D eigenvalue weighted by molar-refractivity contribution is 5.96. The third-order valence-electron chi connectivity index (χ3n) is 7.98. The fraction of sp³-hybridized carbons (Fsp3) is 0.552. The monoisotopic (exact) mass is 547 g/mol. The van der Waals surface area contributed by atoms with Gasteiger partial charge in [0, 0.05) is 36.3 Å². The van der Waals surface area contributed by atoms with E-state index in [1.54, 1.807) is 32.2 Å². The molecule has 1 aromatic heterocycles. The van der Waals surface area contributed by atoms with Gasteiger partial charge in [-0.15, -0.1) is 0 Å². The first kappa shape index (κ1) is 29.2. The highest BCUT2D eigenvalue weighted by atomic mass is 19.4. The SMILES string of the molecule is CC(C)(O)c1ccc(C2(O)CCC(N3CC[C@@H](CC(=O)CNC(=O)c4cccc(C(F)(F)F)c4)C3)CC2)nc1. The van der Waals surface area contributed by atoms with Crippen molar-refractivity contribution in [3.05, 3.63) is 65.0 Å². The first-order chi connectivity index (χ1) is 18.2. The molecule has 4 rings (SSSR count). The topological polar surface area (TPSA) is 103 Å². The number of rotatable bonds is 8. The lowest BCUT2D eigenvalue weighted by Gasteiger charge is -2.39. The average molecular weight is 548 g/mol. The second-order valence-electron chi connectivity index (χ2n) is 11.4. The Morgan fingerprint density at radius 1 is 1.10 bits per heavy atom. The van der Waals surface area contributed by atoms with Gasteiger partial charge in [-0.05, 0) is 82.7 Å². The molecule has 2 heterocycles. The molecular weight excluding hydrogens is 511 g/mol. The van der Waals surface area contributed by atoms with E-state index in [1.165, 1.54) is 12.1 Å². The van der Waals surface area contributed by atoms with Gasteiger partial charge in [0.2, 0.25) is 0 Å². The Hall–Kier alpha value is -2.82. The molecular formula is C29H36F3N3O4. The minimum atomic E-state index is -4.54. The molecule has 212 valence electrons. The van der Waals surface area contributed by atoms with E-state index < -0.39 is 28.8 Å². The van der Waals surface area contributed by atoms with Crippen molar-refractivity contribution in [2.75, 3.05) is 19.6 Å². The summed E-state index contributed by atoms with van der Waals surface area (Å²) in [5, 5.41) is 23.8. The number of nitrogens with zero attached hydrogens (tertiary/aromatic N) is 2. The molecule has 0 unspecified atom stereocenters. The number of likely N-dealkylation sites (tertiary alicyclic amines) is 1. The van der Waals surface area contributed by atoms with Crippen molar-refractivity contribution in [3.8, 4) is 0 Å². The van der Waals surface area contributed by atoms with Crippen molar-refractivity contribution < 1.29 is 33.0 Å². The molecule has 1 atom stereocenters. The van der Waals surface area contributed by atoms with Crippen LogP contribution in [0.1, 0.15) is 79.6 Å². The summed E-state index contributed by atoms with van der Waals surface area (Å²) in [5.41, 5.74) is -1.73. The van der Waals surface area contributed by atoms with Crippen LogP contribution in [0.5, 0.6) is 0 Å². The van der Waals surface area contributed by atoms with E-state index in [1.807, 2.05) is 0 Å². The van der Waals surface area contributed by atoms with Gasteiger partial charge < -0.3 is 20.4 Å². The van der Waals surface area contributed by atoms with E-state index in [0.717, 1.165) is 44.5 Å². The Labute approximate surface area is 226 Å². The van der Waals surface area contributed by atoms with Gasteiger partial charge in [0.25, 0.3) is 5.91 Å². The van der Waals surface area contributed by atoms with Crippen LogP contribution < -0.4 is 5.32 Å². The zero-order valence-electron chi connectivity index (χ0n) is 22.3. The molecule has 2 aliphatic rings. The number of carbonyl (C=O) groups excluding carboxylic acids is 2. The van der Waals surface area contributed by atoms with E-state index in [2.05, 4.69) is 15.2 Å². The van der Waals surface area contributed by atoms with E-state index in [-0.39, 0.29) is 23.8 Å². The van der Waals surface area contributed by atoms with E-state index >= 15 is 0 Å². The number of amides is 1. The zero-order chi connectivity index (χ0) is 28.4. The molecule has 7 nitrogen and oxygen atoms in total. The second-order valence-corrected chi connectivity index (χ2v) is 11.4. The Balaban J connectivity index is 1.22. The quantitative estimate of drug-likeness (QED) is 0.459. The largest absolute Gasteiger partial charge is 0.416 e.